The Kier molecular flexibility index (Phi) is 6.28. The Morgan fingerprint density at radius 1 is 1.00 bits per heavy atom. The second-order valence-electron chi connectivity index (χ2n) is 5.89. The second kappa shape index (κ2) is 9.05. The molecule has 3 rings (SSSR count). The van der Waals surface area contributed by atoms with Gasteiger partial charge in [-0.1, -0.05) is 36.4 Å². The van der Waals surface area contributed by atoms with Crippen LogP contribution in [0, 0.1) is 5.82 Å². The first-order valence-electron chi connectivity index (χ1n) is 8.41. The van der Waals surface area contributed by atoms with Crippen LogP contribution in [-0.4, -0.2) is 5.91 Å². The molecule has 0 bridgehead atoms. The fourth-order valence-corrected chi connectivity index (χ4v) is 3.23. The Hall–Kier alpha value is -3.05. The summed E-state index contributed by atoms with van der Waals surface area (Å²) in [4.78, 5) is 13.0. The summed E-state index contributed by atoms with van der Waals surface area (Å²) in [6.07, 6.45) is 3.24. The Labute approximate surface area is 162 Å². The number of hydrogen-bond acceptors (Lipinski definition) is 3. The van der Waals surface area contributed by atoms with Crippen LogP contribution in [0.4, 0.5) is 15.8 Å². The number of thioether (sulfide) groups is 1. The number of hydrogen-bond donors (Lipinski definition) is 2. The van der Waals surface area contributed by atoms with Gasteiger partial charge in [-0.3, -0.25) is 4.79 Å². The summed E-state index contributed by atoms with van der Waals surface area (Å²) in [5.74, 6) is 0.335. The first-order chi connectivity index (χ1) is 13.1. The summed E-state index contributed by atoms with van der Waals surface area (Å²) < 4.78 is 12.9. The van der Waals surface area contributed by atoms with Gasteiger partial charge in [-0.2, -0.15) is 0 Å². The summed E-state index contributed by atoms with van der Waals surface area (Å²) in [6.45, 7) is 0. The van der Waals surface area contributed by atoms with Crippen LogP contribution in [-0.2, 0) is 10.5 Å². The topological polar surface area (TPSA) is 55.1 Å². The quantitative estimate of drug-likeness (QED) is 0.345. The highest BCUT2D eigenvalue weighted by Gasteiger charge is 2.01. The third-order valence-electron chi connectivity index (χ3n) is 3.84. The van der Waals surface area contributed by atoms with Crippen molar-refractivity contribution in [3.05, 3.63) is 95.8 Å². The molecule has 0 heterocycles. The van der Waals surface area contributed by atoms with Gasteiger partial charge in [0.1, 0.15) is 5.82 Å². The Morgan fingerprint density at radius 3 is 2.41 bits per heavy atom. The molecule has 0 saturated carbocycles. The van der Waals surface area contributed by atoms with Gasteiger partial charge in [0.2, 0.25) is 5.91 Å². The maximum absolute atomic E-state index is 12.9. The minimum absolute atomic E-state index is 0.227. The van der Waals surface area contributed by atoms with Crippen LogP contribution in [0.5, 0.6) is 0 Å². The summed E-state index contributed by atoms with van der Waals surface area (Å²) in [5, 5.41) is 2.75. The molecule has 3 N–H and O–H groups in total. The van der Waals surface area contributed by atoms with Gasteiger partial charge in [-0.15, -0.1) is 11.8 Å². The molecule has 3 nitrogen and oxygen atoms in total. The van der Waals surface area contributed by atoms with Gasteiger partial charge >= 0.3 is 0 Å². The average molecular weight is 378 g/mol. The molecule has 0 saturated heterocycles. The van der Waals surface area contributed by atoms with E-state index >= 15 is 0 Å². The summed E-state index contributed by atoms with van der Waals surface area (Å²) in [5.41, 5.74) is 9.03. The molecule has 0 aromatic heterocycles. The highest BCUT2D eigenvalue weighted by atomic mass is 32.2. The third kappa shape index (κ3) is 5.72. The van der Waals surface area contributed by atoms with Crippen molar-refractivity contribution >= 4 is 35.1 Å². The number of amides is 1. The van der Waals surface area contributed by atoms with Crippen molar-refractivity contribution in [2.45, 2.75) is 10.6 Å². The zero-order valence-corrected chi connectivity index (χ0v) is 15.4. The minimum Gasteiger partial charge on any atom is -0.397 e. The number of carbonyl (C=O) groups excluding carboxylic acids is 1. The number of anilines is 2. The third-order valence-corrected chi connectivity index (χ3v) is 4.93. The number of benzene rings is 3. The van der Waals surface area contributed by atoms with Gasteiger partial charge in [0, 0.05) is 16.7 Å². The van der Waals surface area contributed by atoms with Crippen molar-refractivity contribution < 1.29 is 9.18 Å². The van der Waals surface area contributed by atoms with Crippen LogP contribution in [0.15, 0.2) is 83.8 Å². The number of halogens is 1. The average Bonchev–Trinajstić information content (AvgIpc) is 2.68. The smallest absolute Gasteiger partial charge is 0.248 e. The predicted molar refractivity (Wildman–Crippen MR) is 111 cm³/mol. The Bertz CT molecular complexity index is 937. The van der Waals surface area contributed by atoms with Gasteiger partial charge in [0.25, 0.3) is 0 Å². The molecule has 1 amide bonds. The molecule has 0 spiro atoms. The lowest BCUT2D eigenvalue weighted by Crippen LogP contribution is -2.09. The van der Waals surface area contributed by atoms with Gasteiger partial charge < -0.3 is 11.1 Å². The molecule has 5 heteroatoms. The van der Waals surface area contributed by atoms with Crippen molar-refractivity contribution in [3.63, 3.8) is 0 Å². The van der Waals surface area contributed by atoms with Crippen molar-refractivity contribution in [1.82, 2.24) is 0 Å². The van der Waals surface area contributed by atoms with Gasteiger partial charge in [-0.25, -0.2) is 4.39 Å². The summed E-state index contributed by atoms with van der Waals surface area (Å²) in [6, 6.07) is 21.6. The first kappa shape index (κ1) is 18.7. The summed E-state index contributed by atoms with van der Waals surface area (Å²) >= 11 is 1.65. The lowest BCUT2D eigenvalue weighted by atomic mass is 10.1. The van der Waals surface area contributed by atoms with Crippen molar-refractivity contribution in [1.29, 1.82) is 0 Å². The molecule has 0 aliphatic rings. The standard InChI is InChI=1S/C22H19FN2OS/c23-18-10-12-19(13-11-18)27-15-17-7-5-16(6-8-17)9-14-22(26)25-21-4-2-1-3-20(21)24/h1-14H,15,24H2,(H,25,26)/b14-9+. The van der Waals surface area contributed by atoms with E-state index in [9.17, 15) is 9.18 Å². The van der Waals surface area contributed by atoms with Crippen molar-refractivity contribution in [3.8, 4) is 0 Å². The second-order valence-corrected chi connectivity index (χ2v) is 6.94. The van der Waals surface area contributed by atoms with Crippen LogP contribution < -0.4 is 11.1 Å². The zero-order chi connectivity index (χ0) is 19.1. The number of para-hydroxylation sites is 2. The highest BCUT2D eigenvalue weighted by Crippen LogP contribution is 2.23. The maximum Gasteiger partial charge on any atom is 0.248 e. The van der Waals surface area contributed by atoms with Gasteiger partial charge in [0.05, 0.1) is 11.4 Å². The Balaban J connectivity index is 1.53. The first-order valence-corrected chi connectivity index (χ1v) is 9.39. The van der Waals surface area contributed by atoms with E-state index < -0.39 is 0 Å². The number of nitrogen functional groups attached to an aromatic ring is 1. The molecule has 0 unspecified atom stereocenters. The number of nitrogens with two attached hydrogens (primary N) is 1. The number of rotatable bonds is 6. The molecule has 27 heavy (non-hydrogen) atoms. The Morgan fingerprint density at radius 2 is 1.70 bits per heavy atom. The normalized spacial score (nSPS) is 10.9. The highest BCUT2D eigenvalue weighted by molar-refractivity contribution is 7.98. The molecule has 0 fully saturated rings. The molecule has 3 aromatic rings. The van der Waals surface area contributed by atoms with E-state index in [0.29, 0.717) is 11.4 Å². The molecule has 0 atom stereocenters. The van der Waals surface area contributed by atoms with Gasteiger partial charge in [0.15, 0.2) is 0 Å². The molecule has 3 aromatic carbocycles. The minimum atomic E-state index is -0.233. The van der Waals surface area contributed by atoms with Crippen LogP contribution in [0.3, 0.4) is 0 Å². The van der Waals surface area contributed by atoms with E-state index in [4.69, 9.17) is 5.73 Å². The number of carbonyl (C=O) groups is 1. The fourth-order valence-electron chi connectivity index (χ4n) is 2.38. The molecular weight excluding hydrogens is 359 g/mol. The predicted octanol–water partition coefficient (Wildman–Crippen LogP) is 5.35. The molecule has 0 radical (unpaired) electrons. The van der Waals surface area contributed by atoms with Crippen LogP contribution in [0.25, 0.3) is 6.08 Å². The SMILES string of the molecule is Nc1ccccc1NC(=O)/C=C/c1ccc(CSc2ccc(F)cc2)cc1. The van der Waals surface area contributed by atoms with Gasteiger partial charge in [-0.05, 0) is 53.6 Å². The fraction of sp³-hybridized carbons (Fsp3) is 0.0455. The van der Waals surface area contributed by atoms with E-state index in [0.717, 1.165) is 21.8 Å². The monoisotopic (exact) mass is 378 g/mol. The maximum atomic E-state index is 12.9. The number of nitrogens with one attached hydrogen (secondary N) is 1. The molecular formula is C22H19FN2OS. The lowest BCUT2D eigenvalue weighted by Gasteiger charge is -2.05. The van der Waals surface area contributed by atoms with E-state index in [2.05, 4.69) is 5.32 Å². The van der Waals surface area contributed by atoms with E-state index in [-0.39, 0.29) is 11.7 Å². The van der Waals surface area contributed by atoms with Crippen molar-refractivity contribution in [2.75, 3.05) is 11.1 Å². The lowest BCUT2D eigenvalue weighted by molar-refractivity contribution is -0.111. The van der Waals surface area contributed by atoms with E-state index in [1.54, 1.807) is 42.1 Å². The zero-order valence-electron chi connectivity index (χ0n) is 14.6. The summed E-state index contributed by atoms with van der Waals surface area (Å²) in [7, 11) is 0. The molecule has 136 valence electrons. The van der Waals surface area contributed by atoms with E-state index in [1.165, 1.54) is 18.2 Å². The van der Waals surface area contributed by atoms with Crippen molar-refractivity contribution in [2.24, 2.45) is 0 Å². The van der Waals surface area contributed by atoms with Crippen LogP contribution in [0.2, 0.25) is 0 Å². The molecule has 0 aliphatic heterocycles. The van der Waals surface area contributed by atoms with E-state index in [1.807, 2.05) is 36.4 Å². The van der Waals surface area contributed by atoms with Crippen LogP contribution >= 0.6 is 11.8 Å². The van der Waals surface area contributed by atoms with Crippen LogP contribution in [0.1, 0.15) is 11.1 Å². The molecule has 0 aliphatic carbocycles. The largest absolute Gasteiger partial charge is 0.397 e.